The van der Waals surface area contributed by atoms with E-state index in [9.17, 15) is 13.2 Å². The van der Waals surface area contributed by atoms with Crippen LogP contribution >= 0.6 is 11.8 Å². The first-order chi connectivity index (χ1) is 10.0. The minimum atomic E-state index is -4.34. The van der Waals surface area contributed by atoms with Crippen molar-refractivity contribution >= 4 is 11.8 Å². The van der Waals surface area contributed by atoms with Crippen molar-refractivity contribution in [2.24, 2.45) is 5.92 Å². The summed E-state index contributed by atoms with van der Waals surface area (Å²) < 4.78 is 39.7. The van der Waals surface area contributed by atoms with E-state index in [1.165, 1.54) is 18.6 Å². The molecule has 1 aromatic rings. The third-order valence-corrected chi connectivity index (χ3v) is 5.45. The molecule has 0 bridgehead atoms. The number of alkyl halides is 3. The van der Waals surface area contributed by atoms with Gasteiger partial charge in [0.15, 0.2) is 5.69 Å². The van der Waals surface area contributed by atoms with Crippen LogP contribution < -0.4 is 5.32 Å². The van der Waals surface area contributed by atoms with Gasteiger partial charge in [-0.2, -0.15) is 24.9 Å². The van der Waals surface area contributed by atoms with E-state index in [1.54, 1.807) is 4.57 Å². The van der Waals surface area contributed by atoms with Gasteiger partial charge in [0.25, 0.3) is 0 Å². The second-order valence-corrected chi connectivity index (χ2v) is 7.07. The van der Waals surface area contributed by atoms with Crippen LogP contribution in [0.4, 0.5) is 13.2 Å². The SMILES string of the molecule is FC(F)(F)c1cn2c(n1)CC[C@@H](CN[C@H]1CCCSC1)C2. The quantitative estimate of drug-likeness (QED) is 0.929. The van der Waals surface area contributed by atoms with Crippen LogP contribution in [0, 0.1) is 5.92 Å². The van der Waals surface area contributed by atoms with E-state index in [-0.39, 0.29) is 0 Å². The average molecular weight is 319 g/mol. The van der Waals surface area contributed by atoms with Crippen molar-refractivity contribution < 1.29 is 13.2 Å². The summed E-state index contributed by atoms with van der Waals surface area (Å²) in [7, 11) is 0. The fourth-order valence-corrected chi connectivity index (χ4v) is 4.16. The van der Waals surface area contributed by atoms with E-state index in [1.807, 2.05) is 11.8 Å². The molecule has 0 saturated carbocycles. The van der Waals surface area contributed by atoms with Crippen molar-refractivity contribution in [2.45, 2.75) is 44.4 Å². The molecule has 0 amide bonds. The van der Waals surface area contributed by atoms with E-state index >= 15 is 0 Å². The molecule has 1 saturated heterocycles. The monoisotopic (exact) mass is 319 g/mol. The summed E-state index contributed by atoms with van der Waals surface area (Å²) in [5.74, 6) is 3.38. The molecule has 21 heavy (non-hydrogen) atoms. The topological polar surface area (TPSA) is 29.9 Å². The molecule has 3 rings (SSSR count). The van der Waals surface area contributed by atoms with Gasteiger partial charge in [-0.15, -0.1) is 0 Å². The van der Waals surface area contributed by atoms with Crippen LogP contribution in [-0.2, 0) is 19.1 Å². The van der Waals surface area contributed by atoms with Crippen LogP contribution in [0.5, 0.6) is 0 Å². The minimum Gasteiger partial charge on any atom is -0.334 e. The summed E-state index contributed by atoms with van der Waals surface area (Å²) in [4.78, 5) is 3.72. The predicted octanol–water partition coefficient (Wildman–Crippen LogP) is 2.95. The smallest absolute Gasteiger partial charge is 0.334 e. The molecule has 3 heterocycles. The molecule has 0 radical (unpaired) electrons. The van der Waals surface area contributed by atoms with Gasteiger partial charge in [0, 0.05) is 31.0 Å². The van der Waals surface area contributed by atoms with Crippen molar-refractivity contribution in [3.8, 4) is 0 Å². The fraction of sp³-hybridized carbons (Fsp3) is 0.786. The van der Waals surface area contributed by atoms with E-state index in [4.69, 9.17) is 0 Å². The first-order valence-corrected chi connectivity index (χ1v) is 8.62. The van der Waals surface area contributed by atoms with Crippen molar-refractivity contribution in [1.29, 1.82) is 0 Å². The van der Waals surface area contributed by atoms with Crippen LogP contribution in [0.1, 0.15) is 30.8 Å². The number of aryl methyl sites for hydroxylation is 1. The summed E-state index contributed by atoms with van der Waals surface area (Å²) in [6.45, 7) is 1.54. The van der Waals surface area contributed by atoms with Crippen molar-refractivity contribution in [3.63, 3.8) is 0 Å². The Kier molecular flexibility index (Phi) is 4.49. The molecular formula is C14H20F3N3S. The average Bonchev–Trinajstić information content (AvgIpc) is 2.89. The first-order valence-electron chi connectivity index (χ1n) is 7.47. The van der Waals surface area contributed by atoms with E-state index in [0.717, 1.165) is 24.9 Å². The maximum absolute atomic E-state index is 12.7. The maximum Gasteiger partial charge on any atom is 0.434 e. The Hall–Kier alpha value is -0.690. The van der Waals surface area contributed by atoms with Crippen molar-refractivity contribution in [3.05, 3.63) is 17.7 Å². The third kappa shape index (κ3) is 3.74. The lowest BCUT2D eigenvalue weighted by molar-refractivity contribution is -0.141. The van der Waals surface area contributed by atoms with Crippen molar-refractivity contribution in [2.75, 3.05) is 18.1 Å². The highest BCUT2D eigenvalue weighted by Crippen LogP contribution is 2.30. The Labute approximate surface area is 126 Å². The lowest BCUT2D eigenvalue weighted by Gasteiger charge is -2.28. The number of rotatable bonds is 3. The fourth-order valence-electron chi connectivity index (χ4n) is 3.05. The number of nitrogens with one attached hydrogen (secondary N) is 1. The van der Waals surface area contributed by atoms with Gasteiger partial charge < -0.3 is 9.88 Å². The molecule has 2 aliphatic heterocycles. The molecule has 0 aliphatic carbocycles. The minimum absolute atomic E-state index is 0.403. The number of thioether (sulfide) groups is 1. The molecule has 0 unspecified atom stereocenters. The molecule has 3 nitrogen and oxygen atoms in total. The summed E-state index contributed by atoms with van der Waals surface area (Å²) in [5.41, 5.74) is -0.755. The molecule has 2 atom stereocenters. The van der Waals surface area contributed by atoms with E-state index in [2.05, 4.69) is 10.3 Å². The third-order valence-electron chi connectivity index (χ3n) is 4.24. The van der Waals surface area contributed by atoms with Gasteiger partial charge in [-0.1, -0.05) is 0 Å². The second kappa shape index (κ2) is 6.20. The Morgan fingerprint density at radius 3 is 2.95 bits per heavy atom. The van der Waals surface area contributed by atoms with Gasteiger partial charge >= 0.3 is 6.18 Å². The number of hydrogen-bond donors (Lipinski definition) is 1. The molecule has 0 aromatic carbocycles. The molecule has 1 fully saturated rings. The number of aromatic nitrogens is 2. The molecule has 0 spiro atoms. The Bertz CT molecular complexity index is 480. The summed E-state index contributed by atoms with van der Waals surface area (Å²) in [5, 5.41) is 3.58. The highest BCUT2D eigenvalue weighted by atomic mass is 32.2. The summed E-state index contributed by atoms with van der Waals surface area (Å²) in [6, 6.07) is 0.568. The second-order valence-electron chi connectivity index (χ2n) is 5.92. The lowest BCUT2D eigenvalue weighted by atomic mass is 9.99. The zero-order valence-corrected chi connectivity index (χ0v) is 12.6. The van der Waals surface area contributed by atoms with Gasteiger partial charge in [-0.3, -0.25) is 0 Å². The Morgan fingerprint density at radius 2 is 2.24 bits per heavy atom. The van der Waals surface area contributed by atoms with Gasteiger partial charge in [-0.05, 0) is 37.5 Å². The molecule has 2 aliphatic rings. The largest absolute Gasteiger partial charge is 0.434 e. The highest BCUT2D eigenvalue weighted by Gasteiger charge is 2.35. The number of fused-ring (bicyclic) bond motifs is 1. The highest BCUT2D eigenvalue weighted by molar-refractivity contribution is 7.99. The number of hydrogen-bond acceptors (Lipinski definition) is 3. The van der Waals surface area contributed by atoms with Gasteiger partial charge in [-0.25, -0.2) is 4.98 Å². The normalized spacial score (nSPS) is 26.6. The van der Waals surface area contributed by atoms with Crippen LogP contribution in [0.2, 0.25) is 0 Å². The van der Waals surface area contributed by atoms with Crippen LogP contribution in [-0.4, -0.2) is 33.6 Å². The van der Waals surface area contributed by atoms with Gasteiger partial charge in [0.2, 0.25) is 0 Å². The lowest BCUT2D eigenvalue weighted by Crippen LogP contribution is -2.39. The van der Waals surface area contributed by atoms with Gasteiger partial charge in [0.05, 0.1) is 0 Å². The molecule has 1 aromatic heterocycles. The molecule has 7 heteroatoms. The Balaban J connectivity index is 1.55. The first kappa shape index (κ1) is 15.2. The number of imidazole rings is 1. The number of halogens is 3. The standard InChI is InChI=1S/C14H20F3N3S/c15-14(16,17)12-8-20-7-10(3-4-13(20)19-12)6-18-11-2-1-5-21-9-11/h8,10-11,18H,1-7,9H2/t10-,11-/m0/s1. The predicted molar refractivity (Wildman–Crippen MR) is 77.4 cm³/mol. The maximum atomic E-state index is 12.7. The van der Waals surface area contributed by atoms with Crippen molar-refractivity contribution in [1.82, 2.24) is 14.9 Å². The van der Waals surface area contributed by atoms with E-state index < -0.39 is 11.9 Å². The van der Waals surface area contributed by atoms with Crippen LogP contribution in [0.25, 0.3) is 0 Å². The van der Waals surface area contributed by atoms with Crippen LogP contribution in [0.15, 0.2) is 6.20 Å². The molecule has 118 valence electrons. The number of nitrogens with zero attached hydrogens (tertiary/aromatic N) is 2. The van der Waals surface area contributed by atoms with Crippen LogP contribution in [0.3, 0.4) is 0 Å². The Morgan fingerprint density at radius 1 is 1.38 bits per heavy atom. The van der Waals surface area contributed by atoms with Gasteiger partial charge in [0.1, 0.15) is 5.82 Å². The zero-order valence-electron chi connectivity index (χ0n) is 11.8. The van der Waals surface area contributed by atoms with E-state index in [0.29, 0.717) is 30.7 Å². The zero-order chi connectivity index (χ0) is 14.9. The summed E-state index contributed by atoms with van der Waals surface area (Å²) >= 11 is 1.98. The molecule has 1 N–H and O–H groups in total. The molecular weight excluding hydrogens is 299 g/mol. The summed E-state index contributed by atoms with van der Waals surface area (Å²) in [6.07, 6.45) is 0.861.